The van der Waals surface area contributed by atoms with Gasteiger partial charge in [0, 0.05) is 37.4 Å². The molecule has 0 unspecified atom stereocenters. The molecule has 2 aliphatic rings. The van der Waals surface area contributed by atoms with Crippen LogP contribution in [0, 0.1) is 0 Å². The van der Waals surface area contributed by atoms with E-state index >= 15 is 0 Å². The van der Waals surface area contributed by atoms with Crippen LogP contribution in [0.2, 0.25) is 0 Å². The molecule has 37 heavy (non-hydrogen) atoms. The Labute approximate surface area is 214 Å². The molecule has 2 aromatic heterocycles. The van der Waals surface area contributed by atoms with Gasteiger partial charge in [-0.2, -0.15) is 10.1 Å². The first kappa shape index (κ1) is 24.9. The van der Waals surface area contributed by atoms with Gasteiger partial charge in [-0.3, -0.25) is 10.1 Å². The quantitative estimate of drug-likeness (QED) is 0.529. The number of carbonyl (C=O) groups is 2. The number of anilines is 2. The lowest BCUT2D eigenvalue weighted by atomic mass is 10.0. The fraction of sp³-hybridized carbons (Fsp3) is 0.480. The van der Waals surface area contributed by atoms with Crippen molar-refractivity contribution in [2.24, 2.45) is 5.73 Å². The van der Waals surface area contributed by atoms with Gasteiger partial charge >= 0.3 is 6.09 Å². The maximum atomic E-state index is 12.3. The molecule has 0 bridgehead atoms. The van der Waals surface area contributed by atoms with Crippen molar-refractivity contribution in [1.82, 2.24) is 24.6 Å². The molecule has 2 fully saturated rings. The van der Waals surface area contributed by atoms with E-state index in [0.717, 1.165) is 35.1 Å². The van der Waals surface area contributed by atoms with Gasteiger partial charge in [0.25, 0.3) is 0 Å². The molecule has 3 aromatic rings. The number of piperidine rings is 1. The Morgan fingerprint density at radius 3 is 2.46 bits per heavy atom. The SMILES string of the molecule is COC(=O)Nc1ccc(-c2nc(N3CCOCC3)nc3c2cnn3C2CCN(C(=O)[C@H](C)N)CC2)cc1. The molecule has 0 radical (unpaired) electrons. The summed E-state index contributed by atoms with van der Waals surface area (Å²) in [6.45, 7) is 5.65. The third kappa shape index (κ3) is 5.20. The molecule has 0 spiro atoms. The second-order valence-corrected chi connectivity index (χ2v) is 9.34. The maximum absolute atomic E-state index is 12.3. The molecule has 5 rings (SSSR count). The number of nitrogens with zero attached hydrogens (tertiary/aromatic N) is 6. The van der Waals surface area contributed by atoms with Crippen LogP contribution in [-0.4, -0.2) is 89.2 Å². The fourth-order valence-corrected chi connectivity index (χ4v) is 4.81. The number of ether oxygens (including phenoxy) is 2. The van der Waals surface area contributed by atoms with Crippen molar-refractivity contribution < 1.29 is 19.1 Å². The highest BCUT2D eigenvalue weighted by molar-refractivity contribution is 5.92. The van der Waals surface area contributed by atoms with E-state index in [9.17, 15) is 9.59 Å². The third-order valence-electron chi connectivity index (χ3n) is 6.84. The molecule has 4 heterocycles. The predicted molar refractivity (Wildman–Crippen MR) is 138 cm³/mol. The zero-order valence-corrected chi connectivity index (χ0v) is 21.1. The summed E-state index contributed by atoms with van der Waals surface area (Å²) in [6.07, 6.45) is 2.83. The van der Waals surface area contributed by atoms with Gasteiger partial charge in [-0.15, -0.1) is 0 Å². The normalized spacial score (nSPS) is 17.6. The summed E-state index contributed by atoms with van der Waals surface area (Å²) in [4.78, 5) is 37.8. The van der Waals surface area contributed by atoms with Crippen molar-refractivity contribution in [2.75, 3.05) is 56.7 Å². The van der Waals surface area contributed by atoms with Crippen molar-refractivity contribution in [2.45, 2.75) is 31.8 Å². The molecule has 12 heteroatoms. The van der Waals surface area contributed by atoms with Gasteiger partial charge in [0.1, 0.15) is 0 Å². The predicted octanol–water partition coefficient (Wildman–Crippen LogP) is 2.02. The minimum atomic E-state index is -0.526. The Kier molecular flexibility index (Phi) is 7.19. The molecular formula is C25H32N8O4. The first-order chi connectivity index (χ1) is 17.9. The van der Waals surface area contributed by atoms with Crippen LogP contribution in [0.4, 0.5) is 16.4 Å². The lowest BCUT2D eigenvalue weighted by molar-refractivity contribution is -0.133. The summed E-state index contributed by atoms with van der Waals surface area (Å²) >= 11 is 0. The molecule has 196 valence electrons. The molecule has 0 saturated carbocycles. The standard InChI is InChI=1S/C25H32N8O4/c1-16(26)23(34)31-9-7-19(8-10-31)33-22-20(15-27-33)21(29-24(30-22)32-11-13-37-14-12-32)17-3-5-18(6-4-17)28-25(35)36-2/h3-6,15-16,19H,7-14,26H2,1-2H3,(H,28,35)/t16-/m0/s1. The highest BCUT2D eigenvalue weighted by atomic mass is 16.5. The molecule has 2 amide bonds. The molecule has 1 aromatic carbocycles. The van der Waals surface area contributed by atoms with Crippen molar-refractivity contribution in [3.8, 4) is 11.3 Å². The van der Waals surface area contributed by atoms with Gasteiger partial charge in [-0.05, 0) is 31.9 Å². The van der Waals surface area contributed by atoms with Crippen LogP contribution in [0.25, 0.3) is 22.3 Å². The van der Waals surface area contributed by atoms with E-state index in [4.69, 9.17) is 25.5 Å². The minimum absolute atomic E-state index is 0.0203. The van der Waals surface area contributed by atoms with E-state index in [1.165, 1.54) is 7.11 Å². The largest absolute Gasteiger partial charge is 0.453 e. The van der Waals surface area contributed by atoms with Crippen LogP contribution in [0.1, 0.15) is 25.8 Å². The average Bonchev–Trinajstić information content (AvgIpc) is 3.37. The number of methoxy groups -OCH3 is 1. The second-order valence-electron chi connectivity index (χ2n) is 9.34. The van der Waals surface area contributed by atoms with Crippen molar-refractivity contribution in [3.63, 3.8) is 0 Å². The molecule has 3 N–H and O–H groups in total. The van der Waals surface area contributed by atoms with Crippen LogP contribution < -0.4 is 16.0 Å². The Bertz CT molecular complexity index is 1260. The van der Waals surface area contributed by atoms with Crippen LogP contribution in [0.15, 0.2) is 30.5 Å². The molecule has 2 aliphatic heterocycles. The van der Waals surface area contributed by atoms with Crippen LogP contribution >= 0.6 is 0 Å². The van der Waals surface area contributed by atoms with E-state index in [1.807, 2.05) is 40.0 Å². The number of rotatable bonds is 5. The van der Waals surface area contributed by atoms with Gasteiger partial charge < -0.3 is 25.0 Å². The Morgan fingerprint density at radius 1 is 1.11 bits per heavy atom. The lowest BCUT2D eigenvalue weighted by Gasteiger charge is -2.33. The lowest BCUT2D eigenvalue weighted by Crippen LogP contribution is -2.46. The smallest absolute Gasteiger partial charge is 0.411 e. The summed E-state index contributed by atoms with van der Waals surface area (Å²) in [5.74, 6) is 0.613. The van der Waals surface area contributed by atoms with Crippen molar-refractivity contribution in [1.29, 1.82) is 0 Å². The van der Waals surface area contributed by atoms with Gasteiger partial charge in [-0.1, -0.05) is 12.1 Å². The highest BCUT2D eigenvalue weighted by Crippen LogP contribution is 2.32. The van der Waals surface area contributed by atoms with E-state index in [2.05, 4.69) is 15.0 Å². The Morgan fingerprint density at radius 2 is 1.81 bits per heavy atom. The fourth-order valence-electron chi connectivity index (χ4n) is 4.81. The first-order valence-corrected chi connectivity index (χ1v) is 12.5. The van der Waals surface area contributed by atoms with Crippen LogP contribution in [-0.2, 0) is 14.3 Å². The number of aromatic nitrogens is 4. The van der Waals surface area contributed by atoms with Crippen molar-refractivity contribution in [3.05, 3.63) is 30.5 Å². The number of hydrogen-bond donors (Lipinski definition) is 2. The number of carbonyl (C=O) groups excluding carboxylic acids is 2. The Hall–Kier alpha value is -3.77. The van der Waals surface area contributed by atoms with E-state index in [1.54, 1.807) is 6.92 Å². The molecular weight excluding hydrogens is 476 g/mol. The van der Waals surface area contributed by atoms with Gasteiger partial charge in [0.05, 0.1) is 49.7 Å². The van der Waals surface area contributed by atoms with Crippen molar-refractivity contribution >= 4 is 34.7 Å². The van der Waals surface area contributed by atoms with Crippen LogP contribution in [0.3, 0.4) is 0 Å². The number of nitrogens with two attached hydrogens (primary N) is 1. The van der Waals surface area contributed by atoms with E-state index in [-0.39, 0.29) is 11.9 Å². The van der Waals surface area contributed by atoms with E-state index < -0.39 is 12.1 Å². The summed E-state index contributed by atoms with van der Waals surface area (Å²) in [7, 11) is 1.33. The average molecular weight is 509 g/mol. The number of hydrogen-bond acceptors (Lipinski definition) is 9. The van der Waals surface area contributed by atoms with Gasteiger partial charge in [0.15, 0.2) is 5.65 Å². The third-order valence-corrected chi connectivity index (χ3v) is 6.84. The number of morpholine rings is 1. The maximum Gasteiger partial charge on any atom is 0.411 e. The topological polar surface area (TPSA) is 141 Å². The first-order valence-electron chi connectivity index (χ1n) is 12.5. The minimum Gasteiger partial charge on any atom is -0.453 e. The number of benzene rings is 1. The summed E-state index contributed by atoms with van der Waals surface area (Å²) in [6, 6.07) is 7.05. The zero-order valence-electron chi connectivity index (χ0n) is 21.1. The summed E-state index contributed by atoms with van der Waals surface area (Å²) in [5.41, 5.74) is 8.85. The van der Waals surface area contributed by atoms with Gasteiger partial charge in [-0.25, -0.2) is 14.5 Å². The number of amides is 2. The Balaban J connectivity index is 1.49. The molecule has 12 nitrogen and oxygen atoms in total. The number of fused-ring (bicyclic) bond motifs is 1. The number of nitrogens with one attached hydrogen (secondary N) is 1. The summed E-state index contributed by atoms with van der Waals surface area (Å²) in [5, 5.41) is 8.25. The second kappa shape index (κ2) is 10.7. The molecule has 2 saturated heterocycles. The van der Waals surface area contributed by atoms with Gasteiger partial charge in [0.2, 0.25) is 11.9 Å². The zero-order chi connectivity index (χ0) is 25.9. The number of likely N-dealkylation sites (tertiary alicyclic amines) is 1. The molecule has 1 atom stereocenters. The monoisotopic (exact) mass is 508 g/mol. The highest BCUT2D eigenvalue weighted by Gasteiger charge is 2.28. The molecule has 0 aliphatic carbocycles. The van der Waals surface area contributed by atoms with Crippen LogP contribution in [0.5, 0.6) is 0 Å². The van der Waals surface area contributed by atoms with E-state index in [0.29, 0.717) is 51.0 Å². The summed E-state index contributed by atoms with van der Waals surface area (Å²) < 4.78 is 12.2.